The van der Waals surface area contributed by atoms with Gasteiger partial charge in [-0.3, -0.25) is 25.1 Å². The zero-order valence-electron chi connectivity index (χ0n) is 19.1. The lowest BCUT2D eigenvalue weighted by Crippen LogP contribution is -2.44. The van der Waals surface area contributed by atoms with Crippen molar-refractivity contribution in [2.75, 3.05) is 0 Å². The summed E-state index contributed by atoms with van der Waals surface area (Å²) in [6.45, 7) is 2.01. The van der Waals surface area contributed by atoms with Gasteiger partial charge in [0, 0.05) is 22.2 Å². The van der Waals surface area contributed by atoms with Crippen molar-refractivity contribution in [2.24, 2.45) is 0 Å². The Morgan fingerprint density at radius 2 is 1.95 bits per heavy atom. The Labute approximate surface area is 234 Å². The lowest BCUT2D eigenvalue weighted by Gasteiger charge is -2.16. The molecule has 0 unspecified atom stereocenters. The van der Waals surface area contributed by atoms with Crippen LogP contribution in [0.15, 0.2) is 70.0 Å². The van der Waals surface area contributed by atoms with Gasteiger partial charge in [0.05, 0.1) is 20.4 Å². The summed E-state index contributed by atoms with van der Waals surface area (Å²) in [6.07, 6.45) is 1.63. The SMILES string of the molecule is Cc1ccc(C(=O)NN2C(=O)/C(=C/c3cc(Br)ccc3OCc3ccc([N+](=O)[O-])cc3)SC2=S)c(Cl)c1. The number of aryl methyl sites for hydroxylation is 1. The molecule has 0 atom stereocenters. The van der Waals surface area contributed by atoms with E-state index in [0.717, 1.165) is 32.4 Å². The Kier molecular flexibility index (Phi) is 8.28. The molecule has 188 valence electrons. The molecule has 4 rings (SSSR count). The standard InChI is InChI=1S/C25H17BrClN3O5S2/c1-14-2-8-19(20(27)10-14)23(31)28-29-24(32)22(37-25(29)36)12-16-11-17(26)5-9-21(16)35-13-15-3-6-18(7-4-15)30(33)34/h2-12H,13H2,1H3,(H,28,31)/b22-12-. The minimum Gasteiger partial charge on any atom is -0.488 e. The molecule has 1 heterocycles. The quantitative estimate of drug-likeness (QED) is 0.141. The van der Waals surface area contributed by atoms with Crippen LogP contribution in [0.2, 0.25) is 5.02 Å². The molecule has 0 aliphatic carbocycles. The Bertz CT molecular complexity index is 1460. The zero-order valence-corrected chi connectivity index (χ0v) is 23.0. The van der Waals surface area contributed by atoms with Crippen molar-refractivity contribution >= 4 is 79.4 Å². The molecule has 37 heavy (non-hydrogen) atoms. The lowest BCUT2D eigenvalue weighted by atomic mass is 10.1. The van der Waals surface area contributed by atoms with Crippen molar-refractivity contribution in [3.8, 4) is 5.75 Å². The van der Waals surface area contributed by atoms with E-state index in [9.17, 15) is 19.7 Å². The van der Waals surface area contributed by atoms with Crippen LogP contribution in [0.1, 0.15) is 27.0 Å². The second-order valence-electron chi connectivity index (χ2n) is 7.84. The van der Waals surface area contributed by atoms with E-state index >= 15 is 0 Å². The molecule has 0 radical (unpaired) electrons. The number of amides is 2. The molecule has 1 fully saturated rings. The number of halogens is 2. The summed E-state index contributed by atoms with van der Waals surface area (Å²) in [5.41, 5.74) is 4.98. The molecule has 3 aromatic carbocycles. The smallest absolute Gasteiger partial charge is 0.285 e. The number of hydrazine groups is 1. The fraction of sp³-hybridized carbons (Fsp3) is 0.0800. The van der Waals surface area contributed by atoms with Gasteiger partial charge in [0.15, 0.2) is 4.32 Å². The van der Waals surface area contributed by atoms with Gasteiger partial charge >= 0.3 is 0 Å². The summed E-state index contributed by atoms with van der Waals surface area (Å²) < 4.78 is 6.86. The number of carbonyl (C=O) groups is 2. The largest absolute Gasteiger partial charge is 0.488 e. The van der Waals surface area contributed by atoms with Crippen LogP contribution in [-0.2, 0) is 11.4 Å². The monoisotopic (exact) mass is 617 g/mol. The Morgan fingerprint density at radius 1 is 1.22 bits per heavy atom. The van der Waals surface area contributed by atoms with E-state index in [1.807, 2.05) is 6.92 Å². The summed E-state index contributed by atoms with van der Waals surface area (Å²) in [5, 5.41) is 12.1. The van der Waals surface area contributed by atoms with Gasteiger partial charge < -0.3 is 4.74 Å². The first-order valence-corrected chi connectivity index (χ1v) is 13.0. The van der Waals surface area contributed by atoms with E-state index in [1.165, 1.54) is 12.1 Å². The van der Waals surface area contributed by atoms with E-state index < -0.39 is 16.7 Å². The Balaban J connectivity index is 1.51. The summed E-state index contributed by atoms with van der Waals surface area (Å²) >= 11 is 16.0. The number of rotatable bonds is 7. The van der Waals surface area contributed by atoms with Crippen molar-refractivity contribution in [1.29, 1.82) is 0 Å². The first-order valence-electron chi connectivity index (χ1n) is 10.6. The number of carbonyl (C=O) groups excluding carboxylic acids is 2. The average Bonchev–Trinajstić information content (AvgIpc) is 3.11. The summed E-state index contributed by atoms with van der Waals surface area (Å²) in [4.78, 5) is 36.5. The van der Waals surface area contributed by atoms with Gasteiger partial charge in [0.1, 0.15) is 12.4 Å². The number of benzene rings is 3. The molecule has 0 aromatic heterocycles. The van der Waals surface area contributed by atoms with Crippen LogP contribution < -0.4 is 10.2 Å². The molecule has 12 heteroatoms. The molecule has 3 aromatic rings. The number of nitro groups is 1. The van der Waals surface area contributed by atoms with Crippen LogP contribution in [0, 0.1) is 17.0 Å². The number of hydrogen-bond acceptors (Lipinski definition) is 7. The van der Waals surface area contributed by atoms with Crippen LogP contribution >= 0.6 is 51.5 Å². The molecule has 1 aliphatic heterocycles. The van der Waals surface area contributed by atoms with E-state index in [0.29, 0.717) is 16.2 Å². The summed E-state index contributed by atoms with van der Waals surface area (Å²) in [5.74, 6) is -0.563. The van der Waals surface area contributed by atoms with E-state index in [1.54, 1.807) is 54.6 Å². The third-order valence-electron chi connectivity index (χ3n) is 5.18. The molecule has 8 nitrogen and oxygen atoms in total. The van der Waals surface area contributed by atoms with Gasteiger partial charge in [-0.1, -0.05) is 45.4 Å². The van der Waals surface area contributed by atoms with E-state index in [2.05, 4.69) is 21.4 Å². The third-order valence-corrected chi connectivity index (χ3v) is 7.28. The van der Waals surface area contributed by atoms with Crippen LogP contribution in [-0.4, -0.2) is 26.1 Å². The molecule has 1 N–H and O–H groups in total. The molecule has 0 saturated carbocycles. The fourth-order valence-electron chi connectivity index (χ4n) is 3.31. The first kappa shape index (κ1) is 26.8. The van der Waals surface area contributed by atoms with Gasteiger partial charge in [-0.15, -0.1) is 0 Å². The minimum atomic E-state index is -0.558. The number of nitrogens with zero attached hydrogens (tertiary/aromatic N) is 2. The molecule has 1 saturated heterocycles. The number of nitrogens with one attached hydrogen (secondary N) is 1. The van der Waals surface area contributed by atoms with E-state index in [4.69, 9.17) is 28.6 Å². The van der Waals surface area contributed by atoms with Crippen LogP contribution in [0.5, 0.6) is 5.75 Å². The highest BCUT2D eigenvalue weighted by molar-refractivity contribution is 9.10. The molecule has 0 spiro atoms. The summed E-state index contributed by atoms with van der Waals surface area (Å²) in [7, 11) is 0. The first-order chi connectivity index (χ1) is 17.6. The van der Waals surface area contributed by atoms with Gasteiger partial charge in [-0.05, 0) is 78.8 Å². The molecule has 1 aliphatic rings. The highest BCUT2D eigenvalue weighted by Crippen LogP contribution is 2.35. The molecule has 2 amide bonds. The van der Waals surface area contributed by atoms with Crippen LogP contribution in [0.25, 0.3) is 6.08 Å². The number of thioether (sulfide) groups is 1. The lowest BCUT2D eigenvalue weighted by molar-refractivity contribution is -0.384. The van der Waals surface area contributed by atoms with Gasteiger partial charge in [-0.2, -0.15) is 5.01 Å². The van der Waals surface area contributed by atoms with Crippen molar-refractivity contribution < 1.29 is 19.2 Å². The van der Waals surface area contributed by atoms with Crippen LogP contribution in [0.3, 0.4) is 0 Å². The topological polar surface area (TPSA) is 102 Å². The van der Waals surface area contributed by atoms with Gasteiger partial charge in [-0.25, -0.2) is 0 Å². The van der Waals surface area contributed by atoms with Crippen molar-refractivity contribution in [3.05, 3.63) is 107 Å². The normalized spacial score (nSPS) is 14.2. The predicted octanol–water partition coefficient (Wildman–Crippen LogP) is 6.44. The summed E-state index contributed by atoms with van der Waals surface area (Å²) in [6, 6.07) is 16.3. The molecular weight excluding hydrogens is 602 g/mol. The zero-order chi connectivity index (χ0) is 26.7. The number of thiocarbonyl (C=S) groups is 1. The van der Waals surface area contributed by atoms with Crippen LogP contribution in [0.4, 0.5) is 5.69 Å². The van der Waals surface area contributed by atoms with Crippen molar-refractivity contribution in [2.45, 2.75) is 13.5 Å². The molecule has 0 bridgehead atoms. The number of ether oxygens (including phenoxy) is 1. The van der Waals surface area contributed by atoms with Crippen molar-refractivity contribution in [1.82, 2.24) is 10.4 Å². The van der Waals surface area contributed by atoms with E-state index in [-0.39, 0.29) is 27.2 Å². The number of non-ortho nitro benzene ring substituents is 1. The maximum atomic E-state index is 13.1. The second-order valence-corrected chi connectivity index (χ2v) is 10.8. The number of hydrogen-bond donors (Lipinski definition) is 1. The van der Waals surface area contributed by atoms with Crippen molar-refractivity contribution in [3.63, 3.8) is 0 Å². The number of nitro benzene ring substituents is 1. The Morgan fingerprint density at radius 3 is 2.62 bits per heavy atom. The maximum absolute atomic E-state index is 13.1. The molecular formula is C25H17BrClN3O5S2. The minimum absolute atomic E-state index is 0.00755. The van der Waals surface area contributed by atoms with Gasteiger partial charge in [0.25, 0.3) is 17.5 Å². The van der Waals surface area contributed by atoms with Gasteiger partial charge in [0.2, 0.25) is 0 Å². The predicted molar refractivity (Wildman–Crippen MR) is 150 cm³/mol. The highest BCUT2D eigenvalue weighted by Gasteiger charge is 2.34. The maximum Gasteiger partial charge on any atom is 0.285 e. The average molecular weight is 619 g/mol. The fourth-order valence-corrected chi connectivity index (χ4v) is 5.18. The highest BCUT2D eigenvalue weighted by atomic mass is 79.9. The second kappa shape index (κ2) is 11.4. The Hall–Kier alpha value is -3.25. The third kappa shape index (κ3) is 6.37.